The van der Waals surface area contributed by atoms with E-state index in [1.54, 1.807) is 0 Å². The van der Waals surface area contributed by atoms with Crippen molar-refractivity contribution in [2.24, 2.45) is 5.73 Å². The molecule has 0 aliphatic heterocycles. The molecule has 0 aromatic heterocycles. The van der Waals surface area contributed by atoms with Gasteiger partial charge in [0.25, 0.3) is 0 Å². The molecule has 2 atom stereocenters. The summed E-state index contributed by atoms with van der Waals surface area (Å²) in [6.45, 7) is 3.57. The molecule has 69 heavy (non-hydrogen) atoms. The third-order valence-corrected chi connectivity index (χ3v) is 13.1. The van der Waals surface area contributed by atoms with E-state index < -0.39 is 32.5 Å². The molecule has 0 saturated carbocycles. The molecule has 0 bridgehead atoms. The van der Waals surface area contributed by atoms with Gasteiger partial charge in [0.1, 0.15) is 6.61 Å². The molecular formula is C59H106NO8P. The average Bonchev–Trinajstić information content (AvgIpc) is 3.34. The molecule has 0 heterocycles. The molecule has 0 saturated heterocycles. The van der Waals surface area contributed by atoms with E-state index in [0.717, 1.165) is 57.8 Å². The van der Waals surface area contributed by atoms with Crippen LogP contribution in [-0.2, 0) is 32.7 Å². The van der Waals surface area contributed by atoms with Gasteiger partial charge in [0.05, 0.1) is 13.2 Å². The van der Waals surface area contributed by atoms with Gasteiger partial charge in [0.15, 0.2) is 6.10 Å². The van der Waals surface area contributed by atoms with Gasteiger partial charge >= 0.3 is 19.8 Å². The van der Waals surface area contributed by atoms with E-state index in [0.29, 0.717) is 6.42 Å². The van der Waals surface area contributed by atoms with Crippen molar-refractivity contribution in [3.8, 4) is 0 Å². The Bertz CT molecular complexity index is 1360. The van der Waals surface area contributed by atoms with E-state index in [2.05, 4.69) is 74.6 Å². The first-order chi connectivity index (χ1) is 33.8. The number of phosphoric acid groups is 1. The molecule has 0 aromatic rings. The van der Waals surface area contributed by atoms with E-state index in [1.165, 1.54) is 167 Å². The predicted molar refractivity (Wildman–Crippen MR) is 293 cm³/mol. The summed E-state index contributed by atoms with van der Waals surface area (Å²) in [5, 5.41) is 0. The molecule has 10 heteroatoms. The van der Waals surface area contributed by atoms with Gasteiger partial charge in [0, 0.05) is 19.4 Å². The van der Waals surface area contributed by atoms with E-state index in [9.17, 15) is 19.0 Å². The molecule has 0 aliphatic rings. The van der Waals surface area contributed by atoms with E-state index in [4.69, 9.17) is 24.3 Å². The quantitative estimate of drug-likeness (QED) is 0.0264. The molecule has 0 spiro atoms. The molecule has 0 aliphatic carbocycles. The van der Waals surface area contributed by atoms with E-state index >= 15 is 0 Å². The second kappa shape index (κ2) is 54.8. The molecule has 0 rings (SSSR count). The van der Waals surface area contributed by atoms with Crippen molar-refractivity contribution in [1.82, 2.24) is 0 Å². The SMILES string of the molecule is CC/C=C\C/C=C\C/C=C\C/C=C\C/C=C\C/C=C\CCC(=O)OC(COC(=O)CCCCCCCCCCCCCCCCCCCCCCCCCCCCCCC)COP(=O)(O)OCCN. The van der Waals surface area contributed by atoms with E-state index in [1.807, 2.05) is 12.2 Å². The summed E-state index contributed by atoms with van der Waals surface area (Å²) in [5.74, 6) is -0.920. The Morgan fingerprint density at radius 2 is 0.797 bits per heavy atom. The molecule has 0 radical (unpaired) electrons. The number of ether oxygens (including phenoxy) is 2. The molecule has 0 amide bonds. The minimum absolute atomic E-state index is 0.0399. The Morgan fingerprint density at radius 1 is 0.449 bits per heavy atom. The van der Waals surface area contributed by atoms with Crippen LogP contribution in [0.2, 0.25) is 0 Å². The summed E-state index contributed by atoms with van der Waals surface area (Å²) in [5.41, 5.74) is 5.37. The Labute approximate surface area is 424 Å². The second-order valence-corrected chi connectivity index (χ2v) is 20.2. The normalized spacial score (nSPS) is 13.6. The van der Waals surface area contributed by atoms with Crippen LogP contribution < -0.4 is 5.73 Å². The lowest BCUT2D eigenvalue weighted by Gasteiger charge is -2.19. The first kappa shape index (κ1) is 66.5. The maximum absolute atomic E-state index is 12.6. The average molecular weight is 988 g/mol. The fourth-order valence-corrected chi connectivity index (χ4v) is 8.72. The van der Waals surface area contributed by atoms with Gasteiger partial charge in [-0.15, -0.1) is 0 Å². The molecule has 0 aromatic carbocycles. The minimum Gasteiger partial charge on any atom is -0.462 e. The highest BCUT2D eigenvalue weighted by Crippen LogP contribution is 2.43. The van der Waals surface area contributed by atoms with Crippen LogP contribution in [0.5, 0.6) is 0 Å². The highest BCUT2D eigenvalue weighted by Gasteiger charge is 2.26. The maximum Gasteiger partial charge on any atom is 0.472 e. The summed E-state index contributed by atoms with van der Waals surface area (Å²) in [6.07, 6.45) is 69.9. The van der Waals surface area contributed by atoms with Gasteiger partial charge in [-0.2, -0.15) is 0 Å². The summed E-state index contributed by atoms with van der Waals surface area (Å²) >= 11 is 0. The summed E-state index contributed by atoms with van der Waals surface area (Å²) in [7, 11) is -4.41. The molecule has 0 fully saturated rings. The summed E-state index contributed by atoms with van der Waals surface area (Å²) in [6, 6.07) is 0. The van der Waals surface area contributed by atoms with Crippen molar-refractivity contribution in [3.05, 3.63) is 72.9 Å². The smallest absolute Gasteiger partial charge is 0.462 e. The van der Waals surface area contributed by atoms with Gasteiger partial charge in [-0.3, -0.25) is 18.6 Å². The van der Waals surface area contributed by atoms with Crippen molar-refractivity contribution >= 4 is 19.8 Å². The van der Waals surface area contributed by atoms with Crippen molar-refractivity contribution in [1.29, 1.82) is 0 Å². The molecule has 400 valence electrons. The van der Waals surface area contributed by atoms with Crippen molar-refractivity contribution < 1.29 is 37.6 Å². The predicted octanol–water partition coefficient (Wildman–Crippen LogP) is 17.7. The molecule has 2 unspecified atom stereocenters. The number of carbonyl (C=O) groups is 2. The lowest BCUT2D eigenvalue weighted by molar-refractivity contribution is -0.161. The lowest BCUT2D eigenvalue weighted by atomic mass is 10.0. The fraction of sp³-hybridized carbons (Fsp3) is 0.763. The van der Waals surface area contributed by atoms with Crippen LogP contribution in [0.4, 0.5) is 0 Å². The van der Waals surface area contributed by atoms with Gasteiger partial charge in [0.2, 0.25) is 0 Å². The van der Waals surface area contributed by atoms with Crippen molar-refractivity contribution in [3.63, 3.8) is 0 Å². The number of hydrogen-bond donors (Lipinski definition) is 2. The number of phosphoric ester groups is 1. The minimum atomic E-state index is -4.41. The number of esters is 2. The first-order valence-corrected chi connectivity index (χ1v) is 29.9. The van der Waals surface area contributed by atoms with Crippen LogP contribution in [0.25, 0.3) is 0 Å². The number of unbranched alkanes of at least 4 members (excludes halogenated alkanes) is 28. The Hall–Kier alpha value is -2.55. The number of hydrogen-bond acceptors (Lipinski definition) is 8. The van der Waals surface area contributed by atoms with Crippen molar-refractivity contribution in [2.75, 3.05) is 26.4 Å². The molecule has 3 N–H and O–H groups in total. The fourth-order valence-electron chi connectivity index (χ4n) is 7.96. The third kappa shape index (κ3) is 54.6. The number of rotatable bonds is 53. The monoisotopic (exact) mass is 988 g/mol. The number of nitrogens with two attached hydrogens (primary N) is 1. The van der Waals surface area contributed by atoms with Crippen LogP contribution in [0.15, 0.2) is 72.9 Å². The molecule has 9 nitrogen and oxygen atoms in total. The van der Waals surface area contributed by atoms with Gasteiger partial charge in [-0.05, 0) is 51.4 Å². The first-order valence-electron chi connectivity index (χ1n) is 28.4. The second-order valence-electron chi connectivity index (χ2n) is 18.8. The van der Waals surface area contributed by atoms with Gasteiger partial charge < -0.3 is 20.1 Å². The maximum atomic E-state index is 12.6. The standard InChI is InChI=1S/C59H106NO8P/c1-3-5-7-9-11-13-15-17-19-21-23-24-25-26-27-28-29-30-31-32-34-35-37-39-41-43-45-47-49-51-58(61)65-55-57(56-67-69(63,64)66-54-53-60)68-59(62)52-50-48-46-44-42-40-38-36-33-22-20-18-16-14-12-10-8-6-4-2/h6,8,12,14,18,20,33,36,40,42,46,48,57H,3-5,7,9-11,13,15-17,19,21-32,34-35,37-39,41,43-45,47,49-56,60H2,1-2H3,(H,63,64)/b8-6-,14-12-,20-18-,36-33-,42-40-,48-46-. The third-order valence-electron chi connectivity index (χ3n) is 12.1. The summed E-state index contributed by atoms with van der Waals surface area (Å²) < 4.78 is 32.9. The van der Waals surface area contributed by atoms with Crippen LogP contribution >= 0.6 is 7.82 Å². The van der Waals surface area contributed by atoms with Crippen LogP contribution in [0.3, 0.4) is 0 Å². The van der Waals surface area contributed by atoms with Crippen LogP contribution in [0, 0.1) is 0 Å². The van der Waals surface area contributed by atoms with Gasteiger partial charge in [-0.1, -0.05) is 267 Å². The Balaban J connectivity index is 3.99. The van der Waals surface area contributed by atoms with Crippen molar-refractivity contribution in [2.45, 2.75) is 264 Å². The topological polar surface area (TPSA) is 134 Å². The number of allylic oxidation sites excluding steroid dienone is 12. The molecular weight excluding hydrogens is 882 g/mol. The van der Waals surface area contributed by atoms with E-state index in [-0.39, 0.29) is 32.6 Å². The highest BCUT2D eigenvalue weighted by molar-refractivity contribution is 7.47. The number of carbonyl (C=O) groups excluding carboxylic acids is 2. The summed E-state index contributed by atoms with van der Waals surface area (Å²) in [4.78, 5) is 35.1. The van der Waals surface area contributed by atoms with Crippen LogP contribution in [0.1, 0.15) is 258 Å². The zero-order chi connectivity index (χ0) is 50.2. The Kier molecular flexibility index (Phi) is 52.8. The lowest BCUT2D eigenvalue weighted by Crippen LogP contribution is -2.29. The van der Waals surface area contributed by atoms with Gasteiger partial charge in [-0.25, -0.2) is 4.57 Å². The zero-order valence-electron chi connectivity index (χ0n) is 44.5. The zero-order valence-corrected chi connectivity index (χ0v) is 45.4. The highest BCUT2D eigenvalue weighted by atomic mass is 31.2. The van der Waals surface area contributed by atoms with Crippen LogP contribution in [-0.4, -0.2) is 49.3 Å². The largest absolute Gasteiger partial charge is 0.472 e. The Morgan fingerprint density at radius 3 is 1.16 bits per heavy atom.